The number of benzene rings is 2. The molecule has 0 saturated heterocycles. The number of ether oxygens (including phenoxy) is 1. The number of para-hydroxylation sites is 1. The van der Waals surface area contributed by atoms with Gasteiger partial charge in [-0.2, -0.15) is 8.42 Å². The summed E-state index contributed by atoms with van der Waals surface area (Å²) in [6.45, 7) is 0. The summed E-state index contributed by atoms with van der Waals surface area (Å²) < 4.78 is 33.5. The topological polar surface area (TPSA) is 69.7 Å². The summed E-state index contributed by atoms with van der Waals surface area (Å²) in [5.41, 5.74) is 0.270. The summed E-state index contributed by atoms with van der Waals surface area (Å²) in [5, 5.41) is 0. The van der Waals surface area contributed by atoms with Crippen molar-refractivity contribution in [3.8, 4) is 5.75 Å². The predicted molar refractivity (Wildman–Crippen MR) is 72.0 cm³/mol. The smallest absolute Gasteiger partial charge is 0.339 e. The molecule has 0 aromatic heterocycles. The molecule has 0 spiro atoms. The molecule has 0 N–H and O–H groups in total. The van der Waals surface area contributed by atoms with Crippen LogP contribution in [-0.2, 0) is 14.9 Å². The van der Waals surface area contributed by atoms with Gasteiger partial charge in [0.15, 0.2) is 0 Å². The molecule has 20 heavy (non-hydrogen) atoms. The van der Waals surface area contributed by atoms with Gasteiger partial charge in [0, 0.05) is 0 Å². The van der Waals surface area contributed by atoms with Crippen LogP contribution in [0.15, 0.2) is 59.5 Å². The largest absolute Gasteiger partial charge is 0.465 e. The minimum absolute atomic E-state index is 0.0333. The maximum absolute atomic E-state index is 12.0. The molecule has 0 saturated carbocycles. The van der Waals surface area contributed by atoms with Crippen LogP contribution in [0.4, 0.5) is 0 Å². The van der Waals surface area contributed by atoms with Crippen molar-refractivity contribution in [1.82, 2.24) is 0 Å². The van der Waals surface area contributed by atoms with Crippen LogP contribution < -0.4 is 4.18 Å². The van der Waals surface area contributed by atoms with E-state index in [-0.39, 0.29) is 16.2 Å². The Balaban J connectivity index is 2.24. The number of hydrogen-bond donors (Lipinski definition) is 0. The van der Waals surface area contributed by atoms with Gasteiger partial charge >= 0.3 is 16.1 Å². The van der Waals surface area contributed by atoms with Crippen LogP contribution in [0.1, 0.15) is 10.4 Å². The number of hydrogen-bond acceptors (Lipinski definition) is 5. The molecule has 0 aliphatic rings. The third-order valence-corrected chi connectivity index (χ3v) is 3.77. The number of carbonyl (C=O) groups excluding carboxylic acids is 1. The Morgan fingerprint density at radius 1 is 0.950 bits per heavy atom. The van der Waals surface area contributed by atoms with E-state index in [1.807, 2.05) is 0 Å². The first kappa shape index (κ1) is 14.1. The summed E-state index contributed by atoms with van der Waals surface area (Å²) in [7, 11) is -2.66. The van der Waals surface area contributed by atoms with Gasteiger partial charge in [0.05, 0.1) is 12.7 Å². The molecule has 0 radical (unpaired) electrons. The molecule has 0 amide bonds. The zero-order valence-corrected chi connectivity index (χ0v) is 11.5. The van der Waals surface area contributed by atoms with Crippen molar-refractivity contribution in [2.75, 3.05) is 7.11 Å². The second-order valence-electron chi connectivity index (χ2n) is 3.87. The zero-order chi connectivity index (χ0) is 14.6. The molecule has 0 fully saturated rings. The van der Waals surface area contributed by atoms with Gasteiger partial charge in [-0.15, -0.1) is 0 Å². The van der Waals surface area contributed by atoms with Gasteiger partial charge in [-0.1, -0.05) is 18.2 Å². The van der Waals surface area contributed by atoms with E-state index in [0.717, 1.165) is 0 Å². The Morgan fingerprint density at radius 2 is 1.55 bits per heavy atom. The van der Waals surface area contributed by atoms with Crippen molar-refractivity contribution in [3.63, 3.8) is 0 Å². The van der Waals surface area contributed by atoms with Crippen LogP contribution in [0.2, 0.25) is 0 Å². The first-order valence-electron chi connectivity index (χ1n) is 5.71. The first-order chi connectivity index (χ1) is 9.53. The molecule has 104 valence electrons. The normalized spacial score (nSPS) is 10.8. The summed E-state index contributed by atoms with van der Waals surface area (Å²) >= 11 is 0. The summed E-state index contributed by atoms with van der Waals surface area (Å²) in [6, 6.07) is 13.5. The van der Waals surface area contributed by atoms with E-state index >= 15 is 0 Å². The molecule has 6 heteroatoms. The number of esters is 1. The second-order valence-corrected chi connectivity index (χ2v) is 5.41. The molecule has 0 aliphatic heterocycles. The van der Waals surface area contributed by atoms with Crippen LogP contribution in [0, 0.1) is 0 Å². The van der Waals surface area contributed by atoms with E-state index in [4.69, 9.17) is 4.18 Å². The van der Waals surface area contributed by atoms with Crippen molar-refractivity contribution in [3.05, 3.63) is 60.2 Å². The highest BCUT2D eigenvalue weighted by molar-refractivity contribution is 7.87. The maximum atomic E-state index is 12.0. The second kappa shape index (κ2) is 5.75. The van der Waals surface area contributed by atoms with E-state index in [9.17, 15) is 13.2 Å². The van der Waals surface area contributed by atoms with E-state index in [2.05, 4.69) is 4.74 Å². The average molecular weight is 292 g/mol. The molecule has 2 aromatic rings. The molecule has 2 rings (SSSR count). The van der Waals surface area contributed by atoms with Crippen molar-refractivity contribution in [1.29, 1.82) is 0 Å². The third-order valence-electron chi connectivity index (χ3n) is 2.51. The Labute approximate surface area is 116 Å². The molecule has 0 atom stereocenters. The fourth-order valence-electron chi connectivity index (χ4n) is 1.53. The number of rotatable bonds is 4. The van der Waals surface area contributed by atoms with Crippen molar-refractivity contribution in [2.45, 2.75) is 4.90 Å². The van der Waals surface area contributed by atoms with Gasteiger partial charge in [0.2, 0.25) is 0 Å². The molecule has 0 heterocycles. The van der Waals surface area contributed by atoms with Crippen LogP contribution in [-0.4, -0.2) is 21.5 Å². The van der Waals surface area contributed by atoms with Gasteiger partial charge in [-0.25, -0.2) is 4.79 Å². The highest BCUT2D eigenvalue weighted by atomic mass is 32.2. The van der Waals surface area contributed by atoms with E-state index in [1.165, 1.54) is 31.4 Å². The minimum Gasteiger partial charge on any atom is -0.465 e. The van der Waals surface area contributed by atoms with E-state index in [1.54, 1.807) is 30.3 Å². The van der Waals surface area contributed by atoms with E-state index in [0.29, 0.717) is 0 Å². The lowest BCUT2D eigenvalue weighted by atomic mass is 10.2. The molecule has 0 unspecified atom stereocenters. The summed E-state index contributed by atoms with van der Waals surface area (Å²) in [5.74, 6) is -0.303. The van der Waals surface area contributed by atoms with Crippen molar-refractivity contribution in [2.24, 2.45) is 0 Å². The minimum atomic E-state index is -3.91. The molecule has 5 nitrogen and oxygen atoms in total. The Morgan fingerprint density at radius 3 is 2.10 bits per heavy atom. The highest BCUT2D eigenvalue weighted by Gasteiger charge is 2.17. The quantitative estimate of drug-likeness (QED) is 0.638. The van der Waals surface area contributed by atoms with Crippen molar-refractivity contribution >= 4 is 16.1 Å². The Kier molecular flexibility index (Phi) is 4.05. The molecule has 2 aromatic carbocycles. The Bertz CT molecular complexity index is 690. The Hall–Kier alpha value is -2.34. The van der Waals surface area contributed by atoms with Gasteiger partial charge in [-0.05, 0) is 36.4 Å². The number of carbonyl (C=O) groups is 1. The lowest BCUT2D eigenvalue weighted by Crippen LogP contribution is -2.10. The number of methoxy groups -OCH3 is 1. The lowest BCUT2D eigenvalue weighted by molar-refractivity contribution is 0.0600. The predicted octanol–water partition coefficient (Wildman–Crippen LogP) is 2.24. The van der Waals surface area contributed by atoms with Gasteiger partial charge in [-0.3, -0.25) is 0 Å². The summed E-state index contributed by atoms with van der Waals surface area (Å²) in [4.78, 5) is 11.2. The average Bonchev–Trinajstić information content (AvgIpc) is 2.47. The maximum Gasteiger partial charge on any atom is 0.339 e. The van der Waals surface area contributed by atoms with Crippen molar-refractivity contribution < 1.29 is 22.1 Å². The highest BCUT2D eigenvalue weighted by Crippen LogP contribution is 2.18. The molecule has 0 bridgehead atoms. The first-order valence-corrected chi connectivity index (χ1v) is 7.12. The monoisotopic (exact) mass is 292 g/mol. The molecular weight excluding hydrogens is 280 g/mol. The third kappa shape index (κ3) is 3.16. The zero-order valence-electron chi connectivity index (χ0n) is 10.6. The lowest BCUT2D eigenvalue weighted by Gasteiger charge is -2.07. The fourth-order valence-corrected chi connectivity index (χ4v) is 2.46. The van der Waals surface area contributed by atoms with Gasteiger partial charge in [0.1, 0.15) is 10.6 Å². The molecular formula is C14H12O5S. The van der Waals surface area contributed by atoms with Crippen LogP contribution in [0.3, 0.4) is 0 Å². The van der Waals surface area contributed by atoms with Gasteiger partial charge < -0.3 is 8.92 Å². The van der Waals surface area contributed by atoms with Crippen LogP contribution >= 0.6 is 0 Å². The SMILES string of the molecule is COC(=O)c1ccc(S(=O)(=O)Oc2ccccc2)cc1. The standard InChI is InChI=1S/C14H12O5S/c1-18-14(15)11-7-9-13(10-8-11)20(16,17)19-12-5-3-2-4-6-12/h2-10H,1H3. The van der Waals surface area contributed by atoms with Gasteiger partial charge in [0.25, 0.3) is 0 Å². The fraction of sp³-hybridized carbons (Fsp3) is 0.0714. The van der Waals surface area contributed by atoms with E-state index < -0.39 is 16.1 Å². The van der Waals surface area contributed by atoms with Crippen LogP contribution in [0.25, 0.3) is 0 Å². The summed E-state index contributed by atoms with van der Waals surface area (Å²) in [6.07, 6.45) is 0. The van der Waals surface area contributed by atoms with Crippen LogP contribution in [0.5, 0.6) is 5.75 Å². The molecule has 0 aliphatic carbocycles.